The Balaban J connectivity index is 2.05. The van der Waals surface area contributed by atoms with Gasteiger partial charge in [0.25, 0.3) is 0 Å². The van der Waals surface area contributed by atoms with Gasteiger partial charge in [0.2, 0.25) is 12.2 Å². The number of rotatable bonds is 5. The van der Waals surface area contributed by atoms with Crippen LogP contribution in [0.1, 0.15) is 32.4 Å². The van der Waals surface area contributed by atoms with Crippen molar-refractivity contribution in [3.63, 3.8) is 0 Å². The summed E-state index contributed by atoms with van der Waals surface area (Å²) in [5.41, 5.74) is 0.430. The molecule has 1 heterocycles. The predicted molar refractivity (Wildman–Crippen MR) is 83.8 cm³/mol. The van der Waals surface area contributed by atoms with E-state index in [9.17, 15) is 14.3 Å². The predicted octanol–water partition coefficient (Wildman–Crippen LogP) is 2.63. The molecule has 2 unspecified atom stereocenters. The number of benzene rings is 1. The summed E-state index contributed by atoms with van der Waals surface area (Å²) in [4.78, 5) is 15.6. The van der Waals surface area contributed by atoms with E-state index in [1.807, 2.05) is 0 Å². The molecule has 0 saturated heterocycles. The summed E-state index contributed by atoms with van der Waals surface area (Å²) in [7, 11) is 0. The van der Waals surface area contributed by atoms with E-state index in [2.05, 4.69) is 20.0 Å². The molecule has 7 nitrogen and oxygen atoms in total. The molecule has 24 heavy (non-hydrogen) atoms. The molecule has 0 fully saturated rings. The summed E-state index contributed by atoms with van der Waals surface area (Å²) < 4.78 is 23.0. The van der Waals surface area contributed by atoms with Crippen molar-refractivity contribution in [1.82, 2.24) is 15.5 Å². The highest BCUT2D eigenvalue weighted by molar-refractivity contribution is 5.68. The van der Waals surface area contributed by atoms with Crippen LogP contribution in [0.15, 0.2) is 35.2 Å². The summed E-state index contributed by atoms with van der Waals surface area (Å²) >= 11 is 0. The maximum absolute atomic E-state index is 13.2. The summed E-state index contributed by atoms with van der Waals surface area (Å²) in [6.07, 6.45) is -0.795. The van der Waals surface area contributed by atoms with Gasteiger partial charge < -0.3 is 19.7 Å². The fraction of sp³-hybridized carbons (Fsp3) is 0.438. The van der Waals surface area contributed by atoms with Gasteiger partial charge in [0.1, 0.15) is 18.4 Å². The van der Waals surface area contributed by atoms with Crippen molar-refractivity contribution in [3.05, 3.63) is 36.2 Å². The maximum Gasteiger partial charge on any atom is 0.408 e. The Morgan fingerprint density at radius 2 is 2.04 bits per heavy atom. The van der Waals surface area contributed by atoms with Gasteiger partial charge in [0, 0.05) is 5.56 Å². The lowest BCUT2D eigenvalue weighted by Gasteiger charge is -2.25. The molecule has 2 N–H and O–H groups in total. The van der Waals surface area contributed by atoms with E-state index >= 15 is 0 Å². The largest absolute Gasteiger partial charge is 0.444 e. The van der Waals surface area contributed by atoms with Crippen molar-refractivity contribution in [1.29, 1.82) is 0 Å². The van der Waals surface area contributed by atoms with Gasteiger partial charge in [-0.2, -0.15) is 4.98 Å². The van der Waals surface area contributed by atoms with Crippen molar-refractivity contribution >= 4 is 6.09 Å². The van der Waals surface area contributed by atoms with Crippen LogP contribution in [-0.2, 0) is 4.74 Å². The number of hydrogen-bond acceptors (Lipinski definition) is 6. The van der Waals surface area contributed by atoms with E-state index in [1.165, 1.54) is 6.39 Å². The van der Waals surface area contributed by atoms with Gasteiger partial charge in [-0.3, -0.25) is 0 Å². The zero-order chi connectivity index (χ0) is 17.7. The van der Waals surface area contributed by atoms with Gasteiger partial charge in [0.15, 0.2) is 0 Å². The van der Waals surface area contributed by atoms with Gasteiger partial charge in [-0.15, -0.1) is 0 Å². The van der Waals surface area contributed by atoms with Crippen LogP contribution >= 0.6 is 0 Å². The van der Waals surface area contributed by atoms with Crippen LogP contribution in [0.3, 0.4) is 0 Å². The SMILES string of the molecule is CC(C)(C)OC(=O)NC(CF)C(O)c1ccc(-c2ncon2)cc1. The molecule has 1 aromatic heterocycles. The molecule has 1 aromatic carbocycles. The molecular weight excluding hydrogens is 317 g/mol. The van der Waals surface area contributed by atoms with Gasteiger partial charge in [0.05, 0.1) is 6.04 Å². The van der Waals surface area contributed by atoms with Crippen LogP contribution < -0.4 is 5.32 Å². The minimum Gasteiger partial charge on any atom is -0.444 e. The lowest BCUT2D eigenvalue weighted by molar-refractivity contribution is 0.0396. The molecule has 0 aliphatic carbocycles. The number of nitrogens with zero attached hydrogens (tertiary/aromatic N) is 2. The van der Waals surface area contributed by atoms with Crippen LogP contribution in [0.5, 0.6) is 0 Å². The molecule has 8 heteroatoms. The number of hydrogen-bond donors (Lipinski definition) is 2. The molecule has 2 aromatic rings. The summed E-state index contributed by atoms with van der Waals surface area (Å²) in [5.74, 6) is 0.407. The van der Waals surface area contributed by atoms with E-state index in [1.54, 1.807) is 45.0 Å². The molecule has 130 valence electrons. The second-order valence-corrected chi connectivity index (χ2v) is 6.23. The molecule has 2 rings (SSSR count). The first-order chi connectivity index (χ1) is 11.3. The van der Waals surface area contributed by atoms with Crippen molar-refractivity contribution in [3.8, 4) is 11.4 Å². The highest BCUT2D eigenvalue weighted by Crippen LogP contribution is 2.22. The number of aliphatic hydroxyl groups excluding tert-OH is 1. The quantitative estimate of drug-likeness (QED) is 0.870. The number of amides is 1. The first-order valence-corrected chi connectivity index (χ1v) is 7.40. The average Bonchev–Trinajstić information content (AvgIpc) is 3.05. The Morgan fingerprint density at radius 3 is 2.54 bits per heavy atom. The minimum atomic E-state index is -1.22. The average molecular weight is 337 g/mol. The topological polar surface area (TPSA) is 97.5 Å². The van der Waals surface area contributed by atoms with Gasteiger partial charge in [-0.25, -0.2) is 9.18 Å². The minimum absolute atomic E-state index is 0.407. The highest BCUT2D eigenvalue weighted by Gasteiger charge is 2.25. The highest BCUT2D eigenvalue weighted by atomic mass is 19.1. The molecular formula is C16H20FN3O4. The molecule has 0 bridgehead atoms. The second-order valence-electron chi connectivity index (χ2n) is 6.23. The summed E-state index contributed by atoms with van der Waals surface area (Å²) in [5, 5.41) is 16.3. The smallest absolute Gasteiger partial charge is 0.408 e. The number of aromatic nitrogens is 2. The number of carbonyl (C=O) groups is 1. The Hall–Kier alpha value is -2.48. The second kappa shape index (κ2) is 7.39. The van der Waals surface area contributed by atoms with E-state index in [-0.39, 0.29) is 0 Å². The molecule has 0 aliphatic rings. The zero-order valence-electron chi connectivity index (χ0n) is 13.7. The number of nitrogens with one attached hydrogen (secondary N) is 1. The lowest BCUT2D eigenvalue weighted by atomic mass is 10.0. The molecule has 0 radical (unpaired) electrons. The fourth-order valence-electron chi connectivity index (χ4n) is 2.02. The summed E-state index contributed by atoms with van der Waals surface area (Å²) in [6, 6.07) is 5.44. The third-order valence-corrected chi connectivity index (χ3v) is 3.12. The van der Waals surface area contributed by atoms with Gasteiger partial charge in [-0.05, 0) is 26.3 Å². The normalized spacial score (nSPS) is 14.0. The number of ether oxygens (including phenoxy) is 1. The van der Waals surface area contributed by atoms with Crippen molar-refractivity contribution in [2.45, 2.75) is 38.5 Å². The Kier molecular flexibility index (Phi) is 5.50. The van der Waals surface area contributed by atoms with E-state index < -0.39 is 30.5 Å². The van der Waals surface area contributed by atoms with Gasteiger partial charge in [-0.1, -0.05) is 29.4 Å². The number of carbonyl (C=O) groups excluding carboxylic acids is 1. The molecule has 2 atom stereocenters. The number of alkyl halides is 1. The van der Waals surface area contributed by atoms with Crippen molar-refractivity contribution in [2.24, 2.45) is 0 Å². The third kappa shape index (κ3) is 4.76. The van der Waals surface area contributed by atoms with Crippen LogP contribution in [-0.4, -0.2) is 39.7 Å². The number of aliphatic hydroxyl groups is 1. The van der Waals surface area contributed by atoms with Crippen LogP contribution in [0.25, 0.3) is 11.4 Å². The van der Waals surface area contributed by atoms with Crippen molar-refractivity contribution < 1.29 is 23.6 Å². The fourth-order valence-corrected chi connectivity index (χ4v) is 2.02. The maximum atomic E-state index is 13.2. The third-order valence-electron chi connectivity index (χ3n) is 3.12. The molecule has 0 spiro atoms. The number of halogens is 1. The Labute approximate surface area is 138 Å². The van der Waals surface area contributed by atoms with Crippen LogP contribution in [0.4, 0.5) is 9.18 Å². The molecule has 0 saturated carbocycles. The Bertz CT molecular complexity index is 653. The van der Waals surface area contributed by atoms with E-state index in [0.29, 0.717) is 17.0 Å². The first-order valence-electron chi connectivity index (χ1n) is 7.40. The van der Waals surface area contributed by atoms with Crippen molar-refractivity contribution in [2.75, 3.05) is 6.67 Å². The van der Waals surface area contributed by atoms with Gasteiger partial charge >= 0.3 is 6.09 Å². The number of alkyl carbamates (subject to hydrolysis) is 1. The lowest BCUT2D eigenvalue weighted by Crippen LogP contribution is -2.43. The zero-order valence-corrected chi connectivity index (χ0v) is 13.7. The van der Waals surface area contributed by atoms with Crippen LogP contribution in [0, 0.1) is 0 Å². The monoisotopic (exact) mass is 337 g/mol. The Morgan fingerprint density at radius 1 is 1.38 bits per heavy atom. The standard InChI is InChI=1S/C16H20FN3O4/c1-16(2,3)24-15(22)19-12(8-17)13(21)10-4-6-11(7-5-10)14-18-9-23-20-14/h4-7,9,12-13,21H,8H2,1-3H3,(H,19,22). The van der Waals surface area contributed by atoms with Crippen LogP contribution in [0.2, 0.25) is 0 Å². The molecule has 0 aliphatic heterocycles. The first kappa shape index (κ1) is 17.9. The summed E-state index contributed by atoms with van der Waals surface area (Å²) in [6.45, 7) is 4.16. The van der Waals surface area contributed by atoms with E-state index in [4.69, 9.17) is 4.74 Å². The van der Waals surface area contributed by atoms with E-state index in [0.717, 1.165) is 0 Å². The molecule has 1 amide bonds.